The van der Waals surface area contributed by atoms with Crippen LogP contribution in [0.25, 0.3) is 0 Å². The average molecular weight is 255 g/mol. The van der Waals surface area contributed by atoms with E-state index in [-0.39, 0.29) is 0 Å². The molecule has 2 fully saturated rings. The molecule has 102 valence electrons. The van der Waals surface area contributed by atoms with E-state index in [0.29, 0.717) is 6.04 Å². The van der Waals surface area contributed by atoms with Gasteiger partial charge in [0.05, 0.1) is 0 Å². The van der Waals surface area contributed by atoms with E-state index in [2.05, 4.69) is 24.3 Å². The molecule has 3 aliphatic rings. The summed E-state index contributed by atoms with van der Waals surface area (Å²) in [6, 6.07) is 9.50. The molecule has 0 radical (unpaired) electrons. The molecule has 0 saturated heterocycles. The van der Waals surface area contributed by atoms with Crippen molar-refractivity contribution in [1.29, 1.82) is 0 Å². The Bertz CT molecular complexity index is 457. The fourth-order valence-electron chi connectivity index (χ4n) is 4.73. The highest BCUT2D eigenvalue weighted by Crippen LogP contribution is 2.55. The van der Waals surface area contributed by atoms with Gasteiger partial charge in [-0.2, -0.15) is 0 Å². The van der Waals surface area contributed by atoms with Gasteiger partial charge in [-0.15, -0.1) is 0 Å². The summed E-state index contributed by atoms with van der Waals surface area (Å²) < 4.78 is 0. The van der Waals surface area contributed by atoms with Crippen molar-refractivity contribution in [1.82, 2.24) is 0 Å². The van der Waals surface area contributed by atoms with Gasteiger partial charge in [-0.05, 0) is 79.7 Å². The van der Waals surface area contributed by atoms with Gasteiger partial charge in [0, 0.05) is 6.04 Å². The van der Waals surface area contributed by atoms with Gasteiger partial charge in [-0.25, -0.2) is 0 Å². The lowest BCUT2D eigenvalue weighted by molar-refractivity contribution is 0.344. The molecule has 0 heterocycles. The van der Waals surface area contributed by atoms with Crippen molar-refractivity contribution in [2.75, 3.05) is 0 Å². The second kappa shape index (κ2) is 4.63. The molecule has 4 unspecified atom stereocenters. The maximum Gasteiger partial charge on any atom is 0.00731 e. The molecule has 1 nitrogen and oxygen atoms in total. The Labute approximate surface area is 116 Å². The summed E-state index contributed by atoms with van der Waals surface area (Å²) in [6.07, 6.45) is 9.57. The van der Waals surface area contributed by atoms with Crippen LogP contribution in [0.15, 0.2) is 24.3 Å². The number of fused-ring (bicyclic) bond motifs is 2. The highest BCUT2D eigenvalue weighted by atomic mass is 14.7. The van der Waals surface area contributed by atoms with Gasteiger partial charge in [0.2, 0.25) is 0 Å². The van der Waals surface area contributed by atoms with Crippen LogP contribution in [0.3, 0.4) is 0 Å². The normalized spacial score (nSPS) is 37.5. The van der Waals surface area contributed by atoms with Crippen LogP contribution < -0.4 is 5.73 Å². The van der Waals surface area contributed by atoms with E-state index in [4.69, 9.17) is 5.73 Å². The number of hydrogen-bond acceptors (Lipinski definition) is 1. The Morgan fingerprint density at radius 3 is 2.74 bits per heavy atom. The van der Waals surface area contributed by atoms with Crippen molar-refractivity contribution in [2.45, 2.75) is 56.9 Å². The first kappa shape index (κ1) is 12.0. The monoisotopic (exact) mass is 255 g/mol. The molecular weight excluding hydrogens is 230 g/mol. The Morgan fingerprint density at radius 2 is 1.89 bits per heavy atom. The topological polar surface area (TPSA) is 26.0 Å². The summed E-state index contributed by atoms with van der Waals surface area (Å²) in [5.74, 6) is 3.69. The van der Waals surface area contributed by atoms with Crippen molar-refractivity contribution >= 4 is 0 Å². The fourth-order valence-corrected chi connectivity index (χ4v) is 4.73. The minimum absolute atomic E-state index is 0.448. The van der Waals surface area contributed by atoms with Crippen molar-refractivity contribution in [3.63, 3.8) is 0 Å². The van der Waals surface area contributed by atoms with Crippen LogP contribution in [0.1, 0.15) is 55.6 Å². The van der Waals surface area contributed by atoms with Crippen LogP contribution in [0.4, 0.5) is 0 Å². The van der Waals surface area contributed by atoms with Crippen LogP contribution in [0.5, 0.6) is 0 Å². The van der Waals surface area contributed by atoms with E-state index in [1.54, 1.807) is 11.1 Å². The molecule has 0 spiro atoms. The van der Waals surface area contributed by atoms with Gasteiger partial charge in [-0.1, -0.05) is 24.3 Å². The molecule has 19 heavy (non-hydrogen) atoms. The molecule has 4 atom stereocenters. The van der Waals surface area contributed by atoms with E-state index >= 15 is 0 Å². The predicted molar refractivity (Wildman–Crippen MR) is 79.0 cm³/mol. The van der Waals surface area contributed by atoms with Crippen molar-refractivity contribution in [2.24, 2.45) is 23.5 Å². The Kier molecular flexibility index (Phi) is 2.91. The third-order valence-electron chi connectivity index (χ3n) is 5.94. The number of nitrogens with two attached hydrogens (primary N) is 1. The van der Waals surface area contributed by atoms with Gasteiger partial charge < -0.3 is 5.73 Å². The van der Waals surface area contributed by atoms with E-state index in [9.17, 15) is 0 Å². The van der Waals surface area contributed by atoms with Crippen molar-refractivity contribution in [3.05, 3.63) is 35.4 Å². The lowest BCUT2D eigenvalue weighted by atomic mass is 9.77. The average Bonchev–Trinajstić information content (AvgIpc) is 3.05. The molecule has 4 rings (SSSR count). The minimum Gasteiger partial charge on any atom is -0.327 e. The predicted octanol–water partition coefficient (Wildman–Crippen LogP) is 3.87. The lowest BCUT2D eigenvalue weighted by Crippen LogP contribution is -2.32. The van der Waals surface area contributed by atoms with E-state index < -0.39 is 0 Å². The van der Waals surface area contributed by atoms with Crippen LogP contribution >= 0.6 is 0 Å². The summed E-state index contributed by atoms with van der Waals surface area (Å²) >= 11 is 0. The van der Waals surface area contributed by atoms with Gasteiger partial charge in [0.1, 0.15) is 0 Å². The lowest BCUT2D eigenvalue weighted by Gasteiger charge is -2.30. The molecule has 0 bridgehead atoms. The van der Waals surface area contributed by atoms with E-state index in [1.165, 1.54) is 44.9 Å². The minimum atomic E-state index is 0.448. The van der Waals surface area contributed by atoms with Crippen molar-refractivity contribution in [3.8, 4) is 0 Å². The molecule has 3 aliphatic carbocycles. The molecule has 0 amide bonds. The first-order valence-electron chi connectivity index (χ1n) is 8.14. The Balaban J connectivity index is 1.45. The maximum atomic E-state index is 6.55. The molecule has 1 heteroatoms. The molecule has 2 N–H and O–H groups in total. The van der Waals surface area contributed by atoms with E-state index in [1.807, 2.05) is 0 Å². The Hall–Kier alpha value is -0.820. The zero-order valence-corrected chi connectivity index (χ0v) is 11.7. The van der Waals surface area contributed by atoms with Gasteiger partial charge in [0.25, 0.3) is 0 Å². The van der Waals surface area contributed by atoms with Gasteiger partial charge >= 0.3 is 0 Å². The zero-order valence-electron chi connectivity index (χ0n) is 11.7. The number of hydrogen-bond donors (Lipinski definition) is 1. The fraction of sp³-hybridized carbons (Fsp3) is 0.667. The first-order chi connectivity index (χ1) is 9.31. The number of benzene rings is 1. The molecule has 1 aromatic rings. The van der Waals surface area contributed by atoms with Crippen LogP contribution in [-0.2, 0) is 6.42 Å². The van der Waals surface area contributed by atoms with Crippen LogP contribution in [-0.4, -0.2) is 6.04 Å². The van der Waals surface area contributed by atoms with Crippen molar-refractivity contribution < 1.29 is 0 Å². The summed E-state index contributed by atoms with van der Waals surface area (Å²) in [5.41, 5.74) is 9.74. The van der Waals surface area contributed by atoms with Gasteiger partial charge in [-0.3, -0.25) is 0 Å². The largest absolute Gasteiger partial charge is 0.327 e. The number of aryl methyl sites for hydroxylation is 1. The number of rotatable bonds is 3. The summed E-state index contributed by atoms with van der Waals surface area (Å²) in [7, 11) is 0. The smallest absolute Gasteiger partial charge is 0.00731 e. The standard InChI is InChI=1S/C18H25N/c19-18(16-9-14-8-15(14)10-16)11-13-6-3-5-12-4-1-2-7-17(12)13/h1-2,4,7,13-16,18H,3,5-6,8-11,19H2. The quantitative estimate of drug-likeness (QED) is 0.871. The third-order valence-corrected chi connectivity index (χ3v) is 5.94. The maximum absolute atomic E-state index is 6.55. The van der Waals surface area contributed by atoms with Gasteiger partial charge in [0.15, 0.2) is 0 Å². The highest BCUT2D eigenvalue weighted by molar-refractivity contribution is 5.32. The zero-order chi connectivity index (χ0) is 12.8. The summed E-state index contributed by atoms with van der Waals surface area (Å²) in [6.45, 7) is 0. The first-order valence-corrected chi connectivity index (χ1v) is 8.14. The Morgan fingerprint density at radius 1 is 1.11 bits per heavy atom. The molecule has 0 aliphatic heterocycles. The second-order valence-electron chi connectivity index (χ2n) is 7.17. The molecule has 2 saturated carbocycles. The summed E-state index contributed by atoms with van der Waals surface area (Å²) in [5, 5.41) is 0. The molecule has 0 aromatic heterocycles. The van der Waals surface area contributed by atoms with Crippen LogP contribution in [0, 0.1) is 17.8 Å². The highest BCUT2D eigenvalue weighted by Gasteiger charge is 2.47. The molecule has 1 aromatic carbocycles. The third kappa shape index (κ3) is 2.23. The van der Waals surface area contributed by atoms with E-state index in [0.717, 1.165) is 23.7 Å². The second-order valence-corrected chi connectivity index (χ2v) is 7.17. The molecular formula is C18H25N. The van der Waals surface area contributed by atoms with Crippen LogP contribution in [0.2, 0.25) is 0 Å². The SMILES string of the molecule is NC(CC1CCCc2ccccc21)C1CC2CC2C1. The summed E-state index contributed by atoms with van der Waals surface area (Å²) in [4.78, 5) is 0.